The fraction of sp³-hybridized carbons (Fsp3) is 0.409. The number of rotatable bonds is 4. The summed E-state index contributed by atoms with van der Waals surface area (Å²) < 4.78 is 5.45. The Morgan fingerprint density at radius 1 is 0.938 bits per heavy atom. The van der Waals surface area contributed by atoms with Gasteiger partial charge in [0.25, 0.3) is 5.91 Å². The van der Waals surface area contributed by atoms with Crippen LogP contribution in [0, 0.1) is 6.92 Å². The SMILES string of the molecule is Cc1cc(N2CCOCC2)nc(N2CCN(C(=O)c3cnn(-c4ccccc4)n3)CC2)n1. The maximum absolute atomic E-state index is 12.9. The second-order valence-electron chi connectivity index (χ2n) is 7.90. The van der Waals surface area contributed by atoms with Crippen molar-refractivity contribution in [2.45, 2.75) is 6.92 Å². The topological polar surface area (TPSA) is 92.5 Å². The van der Waals surface area contributed by atoms with Crippen LogP contribution in [0.4, 0.5) is 11.8 Å². The van der Waals surface area contributed by atoms with Gasteiger partial charge in [-0.2, -0.15) is 14.9 Å². The van der Waals surface area contributed by atoms with Crippen LogP contribution in [-0.2, 0) is 4.74 Å². The first-order valence-electron chi connectivity index (χ1n) is 10.9. The van der Waals surface area contributed by atoms with Gasteiger partial charge in [-0.05, 0) is 19.1 Å². The molecule has 10 heteroatoms. The van der Waals surface area contributed by atoms with E-state index < -0.39 is 0 Å². The third-order valence-electron chi connectivity index (χ3n) is 5.71. The minimum atomic E-state index is -0.106. The molecule has 0 bridgehead atoms. The minimum Gasteiger partial charge on any atom is -0.378 e. The highest BCUT2D eigenvalue weighted by atomic mass is 16.5. The summed E-state index contributed by atoms with van der Waals surface area (Å²) in [5.74, 6) is 1.55. The van der Waals surface area contributed by atoms with Gasteiger partial charge in [0.15, 0.2) is 5.69 Å². The highest BCUT2D eigenvalue weighted by Crippen LogP contribution is 2.20. The van der Waals surface area contributed by atoms with E-state index in [0.717, 1.165) is 30.3 Å². The molecule has 0 spiro atoms. The highest BCUT2D eigenvalue weighted by molar-refractivity contribution is 5.92. The van der Waals surface area contributed by atoms with Gasteiger partial charge in [-0.1, -0.05) is 18.2 Å². The summed E-state index contributed by atoms with van der Waals surface area (Å²) in [6, 6.07) is 11.6. The van der Waals surface area contributed by atoms with E-state index in [4.69, 9.17) is 9.72 Å². The van der Waals surface area contributed by atoms with Crippen LogP contribution in [0.15, 0.2) is 42.6 Å². The molecule has 3 aromatic rings. The molecule has 2 aliphatic rings. The monoisotopic (exact) mass is 434 g/mol. The molecule has 2 aliphatic heterocycles. The smallest absolute Gasteiger partial charge is 0.276 e. The Balaban J connectivity index is 1.24. The summed E-state index contributed by atoms with van der Waals surface area (Å²) in [7, 11) is 0. The van der Waals surface area contributed by atoms with Crippen LogP contribution in [0.2, 0.25) is 0 Å². The third-order valence-corrected chi connectivity index (χ3v) is 5.71. The summed E-state index contributed by atoms with van der Waals surface area (Å²) >= 11 is 0. The van der Waals surface area contributed by atoms with E-state index in [1.165, 1.54) is 11.0 Å². The lowest BCUT2D eigenvalue weighted by Gasteiger charge is -2.35. The van der Waals surface area contributed by atoms with Crippen molar-refractivity contribution in [3.05, 3.63) is 54.0 Å². The zero-order valence-corrected chi connectivity index (χ0v) is 18.1. The predicted octanol–water partition coefficient (Wildman–Crippen LogP) is 1.16. The largest absolute Gasteiger partial charge is 0.378 e. The molecule has 2 saturated heterocycles. The van der Waals surface area contributed by atoms with Gasteiger partial charge in [0.1, 0.15) is 5.82 Å². The average Bonchev–Trinajstić information content (AvgIpc) is 3.35. The summed E-state index contributed by atoms with van der Waals surface area (Å²) in [5.41, 5.74) is 2.11. The summed E-state index contributed by atoms with van der Waals surface area (Å²) in [6.07, 6.45) is 1.53. The number of aryl methyl sites for hydroxylation is 1. The van der Waals surface area contributed by atoms with Crippen molar-refractivity contribution in [3.8, 4) is 5.69 Å². The maximum Gasteiger partial charge on any atom is 0.276 e. The van der Waals surface area contributed by atoms with Gasteiger partial charge < -0.3 is 19.4 Å². The first kappa shape index (κ1) is 20.4. The molecule has 10 nitrogen and oxygen atoms in total. The molecule has 0 aliphatic carbocycles. The minimum absolute atomic E-state index is 0.106. The summed E-state index contributed by atoms with van der Waals surface area (Å²) in [5, 5.41) is 8.61. The van der Waals surface area contributed by atoms with Crippen molar-refractivity contribution in [1.82, 2.24) is 29.9 Å². The molecule has 0 atom stereocenters. The molecule has 1 amide bonds. The van der Waals surface area contributed by atoms with Crippen LogP contribution in [0.25, 0.3) is 5.69 Å². The summed E-state index contributed by atoms with van der Waals surface area (Å²) in [6.45, 7) is 7.61. The van der Waals surface area contributed by atoms with E-state index in [0.29, 0.717) is 51.0 Å². The Morgan fingerprint density at radius 3 is 2.44 bits per heavy atom. The molecular weight excluding hydrogens is 408 g/mol. The normalized spacial score (nSPS) is 17.0. The summed E-state index contributed by atoms with van der Waals surface area (Å²) in [4.78, 5) is 30.1. The second-order valence-corrected chi connectivity index (χ2v) is 7.90. The molecule has 32 heavy (non-hydrogen) atoms. The van der Waals surface area contributed by atoms with Crippen molar-refractivity contribution >= 4 is 17.7 Å². The molecule has 4 heterocycles. The number of benzene rings is 1. The lowest BCUT2D eigenvalue weighted by atomic mass is 10.3. The van der Waals surface area contributed by atoms with Crippen molar-refractivity contribution < 1.29 is 9.53 Å². The van der Waals surface area contributed by atoms with Crippen LogP contribution in [-0.4, -0.2) is 88.3 Å². The first-order chi connectivity index (χ1) is 15.7. The van der Waals surface area contributed by atoms with Crippen molar-refractivity contribution in [1.29, 1.82) is 0 Å². The molecule has 0 radical (unpaired) electrons. The van der Waals surface area contributed by atoms with Gasteiger partial charge in [0.05, 0.1) is 25.1 Å². The number of ether oxygens (including phenoxy) is 1. The fourth-order valence-corrected chi connectivity index (χ4v) is 3.95. The number of nitrogens with zero attached hydrogens (tertiary/aromatic N) is 8. The molecular formula is C22H26N8O2. The van der Waals surface area contributed by atoms with Crippen LogP contribution in [0.5, 0.6) is 0 Å². The molecule has 0 N–H and O–H groups in total. The molecule has 0 saturated carbocycles. The van der Waals surface area contributed by atoms with Crippen LogP contribution in [0.3, 0.4) is 0 Å². The average molecular weight is 435 g/mol. The number of amides is 1. The number of anilines is 2. The van der Waals surface area contributed by atoms with Gasteiger partial charge in [-0.15, -0.1) is 5.10 Å². The highest BCUT2D eigenvalue weighted by Gasteiger charge is 2.26. The molecule has 2 fully saturated rings. The molecule has 5 rings (SSSR count). The Hall–Kier alpha value is -3.53. The Kier molecular flexibility index (Phi) is 5.68. The zero-order valence-electron chi connectivity index (χ0n) is 18.1. The number of morpholine rings is 1. The van der Waals surface area contributed by atoms with Crippen LogP contribution in [0.1, 0.15) is 16.2 Å². The zero-order chi connectivity index (χ0) is 21.9. The van der Waals surface area contributed by atoms with Gasteiger partial charge in [-0.25, -0.2) is 4.98 Å². The van der Waals surface area contributed by atoms with Crippen LogP contribution < -0.4 is 9.80 Å². The van der Waals surface area contributed by atoms with E-state index in [9.17, 15) is 4.79 Å². The standard InChI is InChI=1S/C22H26N8O2/c1-17-15-20(27-11-13-32-14-12-27)25-22(24-17)29-9-7-28(8-10-29)21(31)19-16-23-30(26-19)18-5-3-2-4-6-18/h2-6,15-16H,7-14H2,1H3. The molecule has 2 aromatic heterocycles. The number of hydrogen-bond acceptors (Lipinski definition) is 8. The van der Waals surface area contributed by atoms with E-state index >= 15 is 0 Å². The van der Waals surface area contributed by atoms with Crippen molar-refractivity contribution in [3.63, 3.8) is 0 Å². The maximum atomic E-state index is 12.9. The van der Waals surface area contributed by atoms with Crippen molar-refractivity contribution in [2.24, 2.45) is 0 Å². The molecule has 166 valence electrons. The van der Waals surface area contributed by atoms with Gasteiger partial charge in [0, 0.05) is 51.0 Å². The number of aromatic nitrogens is 5. The van der Waals surface area contributed by atoms with E-state index in [1.54, 1.807) is 0 Å². The number of piperazine rings is 1. The Morgan fingerprint density at radius 2 is 1.69 bits per heavy atom. The second kappa shape index (κ2) is 8.91. The van der Waals surface area contributed by atoms with Crippen molar-refractivity contribution in [2.75, 3.05) is 62.3 Å². The lowest BCUT2D eigenvalue weighted by molar-refractivity contribution is 0.0740. The van der Waals surface area contributed by atoms with E-state index in [2.05, 4.69) is 25.0 Å². The molecule has 0 unspecified atom stereocenters. The van der Waals surface area contributed by atoms with E-state index in [-0.39, 0.29) is 5.91 Å². The third kappa shape index (κ3) is 4.26. The predicted molar refractivity (Wildman–Crippen MR) is 119 cm³/mol. The number of para-hydroxylation sites is 1. The number of hydrogen-bond donors (Lipinski definition) is 0. The van der Waals surface area contributed by atoms with Gasteiger partial charge >= 0.3 is 0 Å². The Labute approximate surface area is 186 Å². The molecule has 1 aromatic carbocycles. The van der Waals surface area contributed by atoms with Gasteiger partial charge in [-0.3, -0.25) is 4.79 Å². The fourth-order valence-electron chi connectivity index (χ4n) is 3.95. The quantitative estimate of drug-likeness (QED) is 0.604. The Bertz CT molecular complexity index is 1070. The van der Waals surface area contributed by atoms with Gasteiger partial charge in [0.2, 0.25) is 5.95 Å². The lowest BCUT2D eigenvalue weighted by Crippen LogP contribution is -2.49. The van der Waals surface area contributed by atoms with Crippen LogP contribution >= 0.6 is 0 Å². The van der Waals surface area contributed by atoms with E-state index in [1.807, 2.05) is 48.2 Å². The number of carbonyl (C=O) groups excluding carboxylic acids is 1. The first-order valence-corrected chi connectivity index (χ1v) is 10.9. The number of carbonyl (C=O) groups is 1.